The van der Waals surface area contributed by atoms with E-state index in [0.717, 1.165) is 49.6 Å². The van der Waals surface area contributed by atoms with Crippen LogP contribution in [0.3, 0.4) is 0 Å². The molecule has 3 aliphatic rings. The lowest BCUT2D eigenvalue weighted by atomic mass is 9.76. The normalized spacial score (nSPS) is 24.7. The van der Waals surface area contributed by atoms with Crippen molar-refractivity contribution in [3.8, 4) is 5.75 Å². The van der Waals surface area contributed by atoms with Crippen molar-refractivity contribution in [1.29, 1.82) is 0 Å². The van der Waals surface area contributed by atoms with Gasteiger partial charge in [0.25, 0.3) is 5.91 Å². The number of aromatic nitrogens is 1. The van der Waals surface area contributed by atoms with E-state index in [2.05, 4.69) is 20.1 Å². The van der Waals surface area contributed by atoms with Gasteiger partial charge in [-0.1, -0.05) is 18.2 Å². The fourth-order valence-corrected chi connectivity index (χ4v) is 5.63. The predicted molar refractivity (Wildman–Crippen MR) is 122 cm³/mol. The van der Waals surface area contributed by atoms with Crippen molar-refractivity contribution in [2.45, 2.75) is 38.3 Å². The molecule has 3 fully saturated rings. The van der Waals surface area contributed by atoms with Crippen molar-refractivity contribution in [3.63, 3.8) is 0 Å². The molecule has 4 heterocycles. The Balaban J connectivity index is 1.22. The van der Waals surface area contributed by atoms with Crippen LogP contribution in [-0.2, 0) is 11.3 Å². The molecule has 3 saturated heterocycles. The maximum atomic E-state index is 12.6. The Morgan fingerprint density at radius 2 is 2.06 bits per heavy atom. The molecule has 7 heteroatoms. The summed E-state index contributed by atoms with van der Waals surface area (Å²) in [5, 5.41) is 2.95. The van der Waals surface area contributed by atoms with E-state index in [1.807, 2.05) is 36.4 Å². The third-order valence-electron chi connectivity index (χ3n) is 7.15. The average molecular weight is 435 g/mol. The number of ether oxygens (including phenoxy) is 1. The molecular formula is C25H30N4O3. The average Bonchev–Trinajstić information content (AvgIpc) is 2.83. The summed E-state index contributed by atoms with van der Waals surface area (Å²) in [6.07, 6.45) is 5.71. The zero-order valence-corrected chi connectivity index (χ0v) is 18.5. The van der Waals surface area contributed by atoms with Crippen molar-refractivity contribution in [2.75, 3.05) is 31.6 Å². The minimum Gasteiger partial charge on any atom is -0.496 e. The maximum absolute atomic E-state index is 12.6. The molecule has 3 atom stereocenters. The number of amides is 2. The molecule has 0 radical (unpaired) electrons. The highest BCUT2D eigenvalue weighted by molar-refractivity contribution is 5.94. The van der Waals surface area contributed by atoms with Gasteiger partial charge in [-0.05, 0) is 49.3 Å². The van der Waals surface area contributed by atoms with Crippen LogP contribution in [0.2, 0.25) is 0 Å². The lowest BCUT2D eigenvalue weighted by Gasteiger charge is -2.52. The number of benzene rings is 1. The Hall–Kier alpha value is -3.09. The molecule has 0 aliphatic carbocycles. The molecular weight excluding hydrogens is 404 g/mol. The second kappa shape index (κ2) is 8.81. The van der Waals surface area contributed by atoms with Gasteiger partial charge in [-0.3, -0.25) is 9.59 Å². The first-order chi connectivity index (χ1) is 15.6. The summed E-state index contributed by atoms with van der Waals surface area (Å²) in [5.41, 5.74) is 1.48. The van der Waals surface area contributed by atoms with Gasteiger partial charge in [0.2, 0.25) is 5.91 Å². The number of carbonyl (C=O) groups excluding carboxylic acids is 2. The number of fused-ring (bicyclic) bond motifs is 4. The topological polar surface area (TPSA) is 74.8 Å². The molecule has 32 heavy (non-hydrogen) atoms. The monoisotopic (exact) mass is 434 g/mol. The number of hydrogen-bond acceptors (Lipinski definition) is 5. The van der Waals surface area contributed by atoms with Crippen molar-refractivity contribution in [1.82, 2.24) is 15.2 Å². The van der Waals surface area contributed by atoms with Crippen molar-refractivity contribution in [3.05, 3.63) is 53.7 Å². The molecule has 1 aromatic carbocycles. The van der Waals surface area contributed by atoms with E-state index in [9.17, 15) is 9.59 Å². The lowest BCUT2D eigenvalue weighted by Crippen LogP contribution is -2.60. The van der Waals surface area contributed by atoms with E-state index in [-0.39, 0.29) is 5.91 Å². The van der Waals surface area contributed by atoms with Crippen LogP contribution < -0.4 is 15.0 Å². The predicted octanol–water partition coefficient (Wildman–Crippen LogP) is 2.86. The van der Waals surface area contributed by atoms with E-state index < -0.39 is 0 Å². The molecule has 168 valence electrons. The highest BCUT2D eigenvalue weighted by Crippen LogP contribution is 2.38. The zero-order chi connectivity index (χ0) is 22.1. The van der Waals surface area contributed by atoms with Gasteiger partial charge >= 0.3 is 0 Å². The molecule has 0 unspecified atom stereocenters. The van der Waals surface area contributed by atoms with Gasteiger partial charge in [0.15, 0.2) is 0 Å². The van der Waals surface area contributed by atoms with E-state index in [1.165, 1.54) is 6.42 Å². The minimum atomic E-state index is -0.151. The Labute approximate surface area is 188 Å². The van der Waals surface area contributed by atoms with Crippen LogP contribution in [0.5, 0.6) is 5.75 Å². The smallest absolute Gasteiger partial charge is 0.253 e. The van der Waals surface area contributed by atoms with Crippen LogP contribution in [0.15, 0.2) is 42.6 Å². The van der Waals surface area contributed by atoms with Crippen molar-refractivity contribution >= 4 is 17.6 Å². The van der Waals surface area contributed by atoms with Gasteiger partial charge in [-0.25, -0.2) is 4.98 Å². The fourth-order valence-electron chi connectivity index (χ4n) is 5.63. The summed E-state index contributed by atoms with van der Waals surface area (Å²) in [6.45, 7) is 3.12. The number of para-hydroxylation sites is 1. The second-order valence-electron chi connectivity index (χ2n) is 9.17. The SMILES string of the molecule is COc1ccccc1CNC(=O)c1ccc(N2C[C@H]3C[C@H](C2)[C@H]2CCCC(=O)N2C3)nc1. The number of piperidine rings is 3. The lowest BCUT2D eigenvalue weighted by molar-refractivity contribution is -0.142. The number of nitrogens with one attached hydrogen (secondary N) is 1. The van der Waals surface area contributed by atoms with Gasteiger partial charge in [-0.15, -0.1) is 0 Å². The summed E-state index contributed by atoms with van der Waals surface area (Å²) < 4.78 is 5.35. The first-order valence-electron chi connectivity index (χ1n) is 11.5. The Morgan fingerprint density at radius 3 is 2.88 bits per heavy atom. The van der Waals surface area contributed by atoms with E-state index in [0.29, 0.717) is 42.3 Å². The molecule has 2 aromatic rings. The summed E-state index contributed by atoms with van der Waals surface area (Å²) in [4.78, 5) is 34.1. The van der Waals surface area contributed by atoms with Crippen molar-refractivity contribution in [2.24, 2.45) is 11.8 Å². The highest BCUT2D eigenvalue weighted by atomic mass is 16.5. The number of rotatable bonds is 5. The third kappa shape index (κ3) is 4.04. The number of methoxy groups -OCH3 is 1. The number of carbonyl (C=O) groups is 2. The molecule has 1 aromatic heterocycles. The third-order valence-corrected chi connectivity index (χ3v) is 7.15. The Morgan fingerprint density at radius 1 is 1.19 bits per heavy atom. The van der Waals surface area contributed by atoms with E-state index >= 15 is 0 Å². The standard InChI is InChI=1S/C25H30N4O3/c1-32-22-7-3-2-5-18(22)12-27-25(31)19-9-10-23(26-13-19)28-14-17-11-20(16-28)21-6-4-8-24(30)29(21)15-17/h2-3,5,7,9-10,13,17,20-21H,4,6,8,11-12,14-16H2,1H3,(H,27,31)/t17-,20-,21-/m1/s1. The minimum absolute atomic E-state index is 0.151. The van der Waals surface area contributed by atoms with Crippen LogP contribution in [0, 0.1) is 11.8 Å². The first-order valence-corrected chi connectivity index (χ1v) is 11.5. The first kappa shape index (κ1) is 20.8. The molecule has 0 saturated carbocycles. The zero-order valence-electron chi connectivity index (χ0n) is 18.5. The van der Waals surface area contributed by atoms with Gasteiger partial charge in [-0.2, -0.15) is 0 Å². The van der Waals surface area contributed by atoms with Crippen LogP contribution in [-0.4, -0.2) is 54.5 Å². The summed E-state index contributed by atoms with van der Waals surface area (Å²) in [7, 11) is 1.63. The molecule has 3 aliphatic heterocycles. The van der Waals surface area contributed by atoms with Crippen molar-refractivity contribution < 1.29 is 14.3 Å². The molecule has 5 rings (SSSR count). The van der Waals surface area contributed by atoms with Gasteiger partial charge in [0.05, 0.1) is 12.7 Å². The Bertz CT molecular complexity index is 993. The van der Waals surface area contributed by atoms with E-state index in [1.54, 1.807) is 13.3 Å². The number of nitrogens with zero attached hydrogens (tertiary/aromatic N) is 3. The second-order valence-corrected chi connectivity index (χ2v) is 9.17. The van der Waals surface area contributed by atoms with Crippen LogP contribution >= 0.6 is 0 Å². The molecule has 7 nitrogen and oxygen atoms in total. The number of pyridine rings is 1. The Kier molecular flexibility index (Phi) is 5.72. The van der Waals surface area contributed by atoms with Gasteiger partial charge in [0.1, 0.15) is 11.6 Å². The van der Waals surface area contributed by atoms with Crippen LogP contribution in [0.4, 0.5) is 5.82 Å². The summed E-state index contributed by atoms with van der Waals surface area (Å²) >= 11 is 0. The summed E-state index contributed by atoms with van der Waals surface area (Å²) in [5.74, 6) is 2.87. The molecule has 1 N–H and O–H groups in total. The highest BCUT2D eigenvalue weighted by Gasteiger charge is 2.44. The van der Waals surface area contributed by atoms with Crippen LogP contribution in [0.1, 0.15) is 41.6 Å². The van der Waals surface area contributed by atoms with Crippen LogP contribution in [0.25, 0.3) is 0 Å². The number of anilines is 1. The van der Waals surface area contributed by atoms with E-state index in [4.69, 9.17) is 4.74 Å². The molecule has 2 bridgehead atoms. The molecule has 2 amide bonds. The quantitative estimate of drug-likeness (QED) is 0.783. The van der Waals surface area contributed by atoms with Gasteiger partial charge < -0.3 is 19.9 Å². The van der Waals surface area contributed by atoms with Gasteiger partial charge in [0, 0.05) is 50.4 Å². The molecule has 0 spiro atoms. The largest absolute Gasteiger partial charge is 0.496 e. The number of hydrogen-bond donors (Lipinski definition) is 1. The fraction of sp³-hybridized carbons (Fsp3) is 0.480. The summed E-state index contributed by atoms with van der Waals surface area (Å²) in [6, 6.07) is 11.8. The maximum Gasteiger partial charge on any atom is 0.253 e.